The molecule has 5 aromatic carbocycles. The smallest absolute Gasteiger partial charge is 0.339 e. The highest BCUT2D eigenvalue weighted by Gasteiger charge is 2.36. The average molecular weight is 506 g/mol. The van der Waals surface area contributed by atoms with Gasteiger partial charge in [-0.2, -0.15) is 8.42 Å². The molecule has 0 saturated heterocycles. The number of rotatable bonds is 4. The SMILES string of the molecule is O=C(O)c1ccc2c3ccc(C(=O)O)c4c(C(=O)O)cc5c(c6c(cc(C(=O)O)c1c26)OS5(=O)=O)c43. The molecule has 0 spiro atoms. The molecule has 1 heterocycles. The van der Waals surface area contributed by atoms with Crippen LogP contribution in [0.2, 0.25) is 0 Å². The molecule has 1 aliphatic rings. The summed E-state index contributed by atoms with van der Waals surface area (Å²) in [5.74, 6) is -6.36. The highest BCUT2D eigenvalue weighted by Crippen LogP contribution is 2.51. The Kier molecular flexibility index (Phi) is 3.94. The fraction of sp³-hybridized carbons (Fsp3) is 0. The summed E-state index contributed by atoms with van der Waals surface area (Å²) >= 11 is 0. The van der Waals surface area contributed by atoms with Gasteiger partial charge >= 0.3 is 34.0 Å². The Morgan fingerprint density at radius 3 is 1.47 bits per heavy atom. The Bertz CT molecular complexity index is 2040. The van der Waals surface area contributed by atoms with Gasteiger partial charge in [0.25, 0.3) is 0 Å². The van der Waals surface area contributed by atoms with E-state index in [4.69, 9.17) is 4.18 Å². The van der Waals surface area contributed by atoms with Crippen molar-refractivity contribution in [2.24, 2.45) is 0 Å². The number of hydrogen-bond donors (Lipinski definition) is 4. The Morgan fingerprint density at radius 2 is 1.00 bits per heavy atom. The third-order valence-electron chi connectivity index (χ3n) is 6.42. The van der Waals surface area contributed by atoms with E-state index in [-0.39, 0.29) is 54.2 Å². The Morgan fingerprint density at radius 1 is 0.556 bits per heavy atom. The first-order valence-corrected chi connectivity index (χ1v) is 11.5. The fourth-order valence-electron chi connectivity index (χ4n) is 5.15. The minimum absolute atomic E-state index is 0.0119. The zero-order valence-corrected chi connectivity index (χ0v) is 18.3. The van der Waals surface area contributed by atoms with E-state index in [1.54, 1.807) is 0 Å². The van der Waals surface area contributed by atoms with E-state index in [0.29, 0.717) is 0 Å². The molecule has 0 radical (unpaired) electrons. The van der Waals surface area contributed by atoms with Crippen LogP contribution in [0.15, 0.2) is 41.3 Å². The summed E-state index contributed by atoms with van der Waals surface area (Å²) in [4.78, 5) is 47.7. The van der Waals surface area contributed by atoms with Crippen molar-refractivity contribution in [3.63, 3.8) is 0 Å². The maximum Gasteiger partial charge on any atom is 0.339 e. The molecule has 0 aliphatic carbocycles. The van der Waals surface area contributed by atoms with Crippen LogP contribution in [0.25, 0.3) is 43.1 Å². The summed E-state index contributed by atoms with van der Waals surface area (Å²) in [6, 6.07) is 6.79. The van der Waals surface area contributed by atoms with Crippen LogP contribution in [0, 0.1) is 0 Å². The highest BCUT2D eigenvalue weighted by molar-refractivity contribution is 7.87. The third kappa shape index (κ3) is 2.47. The number of fused-ring (bicyclic) bond motifs is 1. The zero-order chi connectivity index (χ0) is 25.8. The van der Waals surface area contributed by atoms with Crippen molar-refractivity contribution < 1.29 is 52.2 Å². The van der Waals surface area contributed by atoms with Gasteiger partial charge in [0.15, 0.2) is 5.75 Å². The number of carbonyl (C=O) groups is 4. The van der Waals surface area contributed by atoms with Gasteiger partial charge in [-0.3, -0.25) is 0 Å². The molecule has 0 fully saturated rings. The van der Waals surface area contributed by atoms with E-state index < -0.39 is 55.8 Å². The number of benzene rings is 5. The van der Waals surface area contributed by atoms with Gasteiger partial charge in [0.05, 0.1) is 22.3 Å². The molecule has 36 heavy (non-hydrogen) atoms. The molecule has 0 bridgehead atoms. The topological polar surface area (TPSA) is 193 Å². The van der Waals surface area contributed by atoms with E-state index in [2.05, 4.69) is 0 Å². The van der Waals surface area contributed by atoms with Crippen molar-refractivity contribution in [1.29, 1.82) is 0 Å². The third-order valence-corrected chi connectivity index (χ3v) is 7.68. The van der Waals surface area contributed by atoms with Crippen LogP contribution in [0.5, 0.6) is 5.75 Å². The fourth-order valence-corrected chi connectivity index (χ4v) is 6.32. The van der Waals surface area contributed by atoms with E-state index >= 15 is 0 Å². The van der Waals surface area contributed by atoms with E-state index in [0.717, 1.165) is 18.2 Å². The van der Waals surface area contributed by atoms with E-state index in [9.17, 15) is 48.0 Å². The first kappa shape index (κ1) is 21.6. The Labute approximate surface area is 198 Å². The summed E-state index contributed by atoms with van der Waals surface area (Å²) in [6.07, 6.45) is 0. The van der Waals surface area contributed by atoms with Crippen molar-refractivity contribution in [2.75, 3.05) is 0 Å². The lowest BCUT2D eigenvalue weighted by Gasteiger charge is -2.25. The monoisotopic (exact) mass is 506 g/mol. The van der Waals surface area contributed by atoms with Crippen LogP contribution < -0.4 is 4.18 Å². The number of carboxylic acids is 4. The van der Waals surface area contributed by atoms with Gasteiger partial charge in [-0.05, 0) is 35.0 Å². The molecule has 0 amide bonds. The van der Waals surface area contributed by atoms with Gasteiger partial charge in [-0.15, -0.1) is 0 Å². The lowest BCUT2D eigenvalue weighted by molar-refractivity contribution is 0.0681. The van der Waals surface area contributed by atoms with Crippen LogP contribution in [0.1, 0.15) is 41.4 Å². The molecular formula is C24H10O11S. The minimum Gasteiger partial charge on any atom is -0.478 e. The molecule has 5 aromatic rings. The predicted octanol–water partition coefficient (Wildman–Crippen LogP) is 3.61. The number of aromatic carboxylic acids is 4. The Balaban J connectivity index is 2.09. The van der Waals surface area contributed by atoms with Crippen molar-refractivity contribution >= 4 is 77.1 Å². The second-order valence-electron chi connectivity index (χ2n) is 8.17. The maximum atomic E-state index is 13.1. The zero-order valence-electron chi connectivity index (χ0n) is 17.5. The predicted molar refractivity (Wildman–Crippen MR) is 123 cm³/mol. The summed E-state index contributed by atoms with van der Waals surface area (Å²) in [5.41, 5.74) is -1.83. The van der Waals surface area contributed by atoms with Gasteiger partial charge in [0.1, 0.15) is 4.90 Å². The maximum absolute atomic E-state index is 13.1. The van der Waals surface area contributed by atoms with Gasteiger partial charge < -0.3 is 24.6 Å². The van der Waals surface area contributed by atoms with E-state index in [1.807, 2.05) is 0 Å². The van der Waals surface area contributed by atoms with Crippen LogP contribution in [-0.4, -0.2) is 52.7 Å². The molecule has 0 saturated carbocycles. The molecule has 4 N–H and O–H groups in total. The lowest BCUT2D eigenvalue weighted by atomic mass is 9.84. The minimum atomic E-state index is -4.67. The standard InChI is InChI=1S/C24H10O11S/c25-21(26)9-3-1-7-8-2-4-10(22(27)28)16-12(24(31)32)6-14-20(18(8)16)19-13(35-36(14,33)34)5-11(23(29)30)15(9)17(7)19/h1-6H,(H,25,26)(H,27,28)(H,29,30)(H,31,32). The van der Waals surface area contributed by atoms with Crippen molar-refractivity contribution in [3.8, 4) is 5.75 Å². The van der Waals surface area contributed by atoms with Gasteiger partial charge in [-0.25, -0.2) is 19.2 Å². The summed E-state index contributed by atoms with van der Waals surface area (Å²) in [5, 5.41) is 39.4. The van der Waals surface area contributed by atoms with Gasteiger partial charge in [0, 0.05) is 32.3 Å². The quantitative estimate of drug-likeness (QED) is 0.158. The van der Waals surface area contributed by atoms with Crippen LogP contribution in [-0.2, 0) is 10.1 Å². The molecule has 11 nitrogen and oxygen atoms in total. The number of carboxylic acid groups (broad SMARTS) is 4. The molecule has 1 aliphatic heterocycles. The molecule has 0 unspecified atom stereocenters. The van der Waals surface area contributed by atoms with Gasteiger partial charge in [0.2, 0.25) is 0 Å². The van der Waals surface area contributed by atoms with Crippen molar-refractivity contribution in [2.45, 2.75) is 4.90 Å². The molecule has 6 rings (SSSR count). The molecule has 0 aromatic heterocycles. The normalized spacial score (nSPS) is 14.0. The van der Waals surface area contributed by atoms with Crippen LogP contribution >= 0.6 is 0 Å². The highest BCUT2D eigenvalue weighted by atomic mass is 32.2. The van der Waals surface area contributed by atoms with Crippen molar-refractivity contribution in [3.05, 3.63) is 58.7 Å². The lowest BCUT2D eigenvalue weighted by Crippen LogP contribution is -2.18. The summed E-state index contributed by atoms with van der Waals surface area (Å²) in [6.45, 7) is 0. The van der Waals surface area contributed by atoms with Gasteiger partial charge in [-0.1, -0.05) is 12.1 Å². The van der Waals surface area contributed by atoms with Crippen molar-refractivity contribution in [1.82, 2.24) is 0 Å². The van der Waals surface area contributed by atoms with Crippen LogP contribution in [0.4, 0.5) is 0 Å². The first-order chi connectivity index (χ1) is 16.9. The molecule has 178 valence electrons. The molecular weight excluding hydrogens is 496 g/mol. The first-order valence-electron chi connectivity index (χ1n) is 10.1. The Hall–Kier alpha value is -4.97. The van der Waals surface area contributed by atoms with Crippen LogP contribution in [0.3, 0.4) is 0 Å². The average Bonchev–Trinajstić information content (AvgIpc) is 2.80. The van der Waals surface area contributed by atoms with E-state index in [1.165, 1.54) is 18.2 Å². The largest absolute Gasteiger partial charge is 0.478 e. The molecule has 0 atom stereocenters. The summed E-state index contributed by atoms with van der Waals surface area (Å²) < 4.78 is 31.4. The number of hydrogen-bond acceptors (Lipinski definition) is 7. The second kappa shape index (κ2) is 6.58. The summed E-state index contributed by atoms with van der Waals surface area (Å²) in [7, 11) is -4.67. The second-order valence-corrected chi connectivity index (χ2v) is 9.69. The molecule has 12 heteroatoms.